The van der Waals surface area contributed by atoms with E-state index in [1.807, 2.05) is 12.1 Å². The lowest BCUT2D eigenvalue weighted by Crippen LogP contribution is -2.25. The fraction of sp³-hybridized carbons (Fsp3) is 0.625. The van der Waals surface area contributed by atoms with Crippen molar-refractivity contribution in [1.82, 2.24) is 5.32 Å². The average molecular weight is 363 g/mol. The molecule has 0 bridgehead atoms. The van der Waals surface area contributed by atoms with Gasteiger partial charge in [0.2, 0.25) is 0 Å². The normalized spacial score (nSPS) is 17.6. The molecule has 112 valence electrons. The molecule has 1 atom stereocenters. The lowest BCUT2D eigenvalue weighted by molar-refractivity contribution is 0.385. The molecule has 0 aromatic heterocycles. The van der Waals surface area contributed by atoms with Crippen LogP contribution in [0.1, 0.15) is 57.1 Å². The first-order valence-electron chi connectivity index (χ1n) is 7.50. The van der Waals surface area contributed by atoms with Crippen LogP contribution in [0.2, 0.25) is 5.02 Å². The van der Waals surface area contributed by atoms with Crippen molar-refractivity contribution in [2.24, 2.45) is 5.92 Å². The van der Waals surface area contributed by atoms with Gasteiger partial charge in [-0.25, -0.2) is 4.39 Å². The van der Waals surface area contributed by atoms with Gasteiger partial charge in [0.15, 0.2) is 0 Å². The van der Waals surface area contributed by atoms with Crippen molar-refractivity contribution in [2.45, 2.75) is 51.5 Å². The van der Waals surface area contributed by atoms with E-state index >= 15 is 0 Å². The van der Waals surface area contributed by atoms with E-state index in [1.54, 1.807) is 0 Å². The minimum Gasteiger partial charge on any atom is -0.310 e. The molecule has 1 aromatic rings. The van der Waals surface area contributed by atoms with Crippen molar-refractivity contribution in [1.29, 1.82) is 0 Å². The first-order chi connectivity index (χ1) is 9.63. The molecule has 0 spiro atoms. The van der Waals surface area contributed by atoms with E-state index in [9.17, 15) is 4.39 Å². The molecule has 1 aliphatic carbocycles. The predicted octanol–water partition coefficient (Wildman–Crippen LogP) is 5.86. The highest BCUT2D eigenvalue weighted by Gasteiger charge is 2.24. The van der Waals surface area contributed by atoms with Crippen LogP contribution < -0.4 is 5.32 Å². The molecule has 0 aliphatic heterocycles. The molecule has 2 rings (SSSR count). The topological polar surface area (TPSA) is 12.0 Å². The first-order valence-corrected chi connectivity index (χ1v) is 8.67. The Morgan fingerprint density at radius 1 is 1.40 bits per heavy atom. The van der Waals surface area contributed by atoms with Crippen molar-refractivity contribution >= 4 is 27.5 Å². The minimum atomic E-state index is -0.285. The fourth-order valence-corrected chi connectivity index (χ4v) is 3.51. The number of benzene rings is 1. The fourth-order valence-electron chi connectivity index (χ4n) is 3.03. The van der Waals surface area contributed by atoms with Crippen molar-refractivity contribution in [3.05, 3.63) is 33.0 Å². The van der Waals surface area contributed by atoms with Crippen molar-refractivity contribution in [3.63, 3.8) is 0 Å². The predicted molar refractivity (Wildman–Crippen MR) is 86.7 cm³/mol. The molecule has 0 saturated heterocycles. The summed E-state index contributed by atoms with van der Waals surface area (Å²) in [5.74, 6) is 0.429. The third-order valence-electron chi connectivity index (χ3n) is 4.12. The smallest absolute Gasteiger partial charge is 0.147 e. The molecule has 0 heterocycles. The Balaban J connectivity index is 2.18. The van der Waals surface area contributed by atoms with Crippen molar-refractivity contribution in [3.8, 4) is 0 Å². The standard InChI is InChI=1S/C16H22BrClFN/c1-2-9-20-14(10-11-5-3-4-6-11)12-7-8-13(17)15(18)16(12)19/h7-8,11,14,20H,2-6,9-10H2,1H3. The maximum Gasteiger partial charge on any atom is 0.147 e. The molecule has 1 N–H and O–H groups in total. The van der Waals surface area contributed by atoms with Crippen LogP contribution >= 0.6 is 27.5 Å². The van der Waals surface area contributed by atoms with E-state index in [-0.39, 0.29) is 16.9 Å². The zero-order valence-corrected chi connectivity index (χ0v) is 14.2. The zero-order valence-electron chi connectivity index (χ0n) is 11.9. The summed E-state index contributed by atoms with van der Waals surface area (Å²) in [5.41, 5.74) is 0.707. The summed E-state index contributed by atoms with van der Waals surface area (Å²) < 4.78 is 15.0. The van der Waals surface area contributed by atoms with E-state index in [2.05, 4.69) is 28.2 Å². The van der Waals surface area contributed by atoms with Gasteiger partial charge in [-0.05, 0) is 47.3 Å². The molecule has 20 heavy (non-hydrogen) atoms. The SMILES string of the molecule is CCCNC(CC1CCCC1)c1ccc(Br)c(Cl)c1F. The Kier molecular flexibility index (Phi) is 6.31. The second-order valence-electron chi connectivity index (χ2n) is 5.66. The Labute approximate surface area is 134 Å². The molecule has 4 heteroatoms. The largest absolute Gasteiger partial charge is 0.310 e. The Bertz CT molecular complexity index is 446. The molecular formula is C16H22BrClFN. The van der Waals surface area contributed by atoms with Gasteiger partial charge in [0.1, 0.15) is 5.82 Å². The molecule has 1 fully saturated rings. The summed E-state index contributed by atoms with van der Waals surface area (Å²) in [7, 11) is 0. The second kappa shape index (κ2) is 7.77. The van der Waals surface area contributed by atoms with Gasteiger partial charge in [-0.1, -0.05) is 50.3 Å². The summed E-state index contributed by atoms with van der Waals surface area (Å²) in [6.45, 7) is 3.04. The van der Waals surface area contributed by atoms with E-state index in [0.717, 1.165) is 19.4 Å². The highest BCUT2D eigenvalue weighted by atomic mass is 79.9. The highest BCUT2D eigenvalue weighted by molar-refractivity contribution is 9.10. The molecule has 0 radical (unpaired) electrons. The maximum atomic E-state index is 14.4. The molecule has 1 aromatic carbocycles. The van der Waals surface area contributed by atoms with Crippen LogP contribution in [0.5, 0.6) is 0 Å². The third-order valence-corrected chi connectivity index (χ3v) is 5.38. The van der Waals surface area contributed by atoms with Crippen LogP contribution in [0.25, 0.3) is 0 Å². The quantitative estimate of drug-likeness (QED) is 0.625. The van der Waals surface area contributed by atoms with Gasteiger partial charge in [0, 0.05) is 16.1 Å². The number of hydrogen-bond acceptors (Lipinski definition) is 1. The maximum absolute atomic E-state index is 14.4. The van der Waals surface area contributed by atoms with E-state index in [0.29, 0.717) is 16.0 Å². The van der Waals surface area contributed by atoms with E-state index in [4.69, 9.17) is 11.6 Å². The summed E-state index contributed by atoms with van der Waals surface area (Å²) in [4.78, 5) is 0. The van der Waals surface area contributed by atoms with Gasteiger partial charge in [-0.2, -0.15) is 0 Å². The molecule has 1 nitrogen and oxygen atoms in total. The Morgan fingerprint density at radius 2 is 2.10 bits per heavy atom. The molecule has 1 aliphatic rings. The summed E-state index contributed by atoms with van der Waals surface area (Å²) in [6, 6.07) is 3.77. The lowest BCUT2D eigenvalue weighted by Gasteiger charge is -2.23. The molecular weight excluding hydrogens is 341 g/mol. The molecule has 1 unspecified atom stereocenters. The average Bonchev–Trinajstić information content (AvgIpc) is 2.94. The number of halogens is 3. The van der Waals surface area contributed by atoms with E-state index < -0.39 is 0 Å². The van der Waals surface area contributed by atoms with Gasteiger partial charge >= 0.3 is 0 Å². The van der Waals surface area contributed by atoms with Crippen LogP contribution in [0.15, 0.2) is 16.6 Å². The number of hydrogen-bond donors (Lipinski definition) is 1. The Hall–Kier alpha value is -0.120. The van der Waals surface area contributed by atoms with Crippen LogP contribution in [-0.4, -0.2) is 6.54 Å². The van der Waals surface area contributed by atoms with Crippen LogP contribution in [0.3, 0.4) is 0 Å². The summed E-state index contributed by atoms with van der Waals surface area (Å²) in [5, 5.41) is 3.68. The second-order valence-corrected chi connectivity index (χ2v) is 6.89. The lowest BCUT2D eigenvalue weighted by atomic mass is 9.93. The minimum absolute atomic E-state index is 0.0728. The van der Waals surface area contributed by atoms with Gasteiger partial charge in [0.05, 0.1) is 5.02 Å². The van der Waals surface area contributed by atoms with Crippen molar-refractivity contribution in [2.75, 3.05) is 6.54 Å². The number of nitrogens with one attached hydrogen (secondary N) is 1. The zero-order chi connectivity index (χ0) is 14.5. The van der Waals surface area contributed by atoms with Gasteiger partial charge < -0.3 is 5.32 Å². The van der Waals surface area contributed by atoms with Crippen molar-refractivity contribution < 1.29 is 4.39 Å². The van der Waals surface area contributed by atoms with E-state index in [1.165, 1.54) is 25.7 Å². The highest BCUT2D eigenvalue weighted by Crippen LogP contribution is 2.36. The van der Waals surface area contributed by atoms with Gasteiger partial charge in [-0.15, -0.1) is 0 Å². The van der Waals surface area contributed by atoms with Crippen LogP contribution in [0, 0.1) is 11.7 Å². The van der Waals surface area contributed by atoms with Crippen LogP contribution in [-0.2, 0) is 0 Å². The van der Waals surface area contributed by atoms with Crippen LogP contribution in [0.4, 0.5) is 4.39 Å². The van der Waals surface area contributed by atoms with Gasteiger partial charge in [0.25, 0.3) is 0 Å². The third kappa shape index (κ3) is 3.96. The van der Waals surface area contributed by atoms with Gasteiger partial charge in [-0.3, -0.25) is 0 Å². The summed E-state index contributed by atoms with van der Waals surface area (Å²) >= 11 is 9.31. The monoisotopic (exact) mass is 361 g/mol. The molecule has 1 saturated carbocycles. The first kappa shape index (κ1) is 16.3. The number of rotatable bonds is 6. The molecule has 0 amide bonds. The Morgan fingerprint density at radius 3 is 2.75 bits per heavy atom. The summed E-state index contributed by atoms with van der Waals surface area (Å²) in [6.07, 6.45) is 7.23.